The number of rotatable bonds is 5. The monoisotopic (exact) mass is 563 g/mol. The first-order valence-electron chi connectivity index (χ1n) is 12.4. The fourth-order valence-corrected chi connectivity index (χ4v) is 5.74. The maximum absolute atomic E-state index is 14.0. The summed E-state index contributed by atoms with van der Waals surface area (Å²) in [6.45, 7) is 0.833. The molecule has 8 heteroatoms. The number of hydrogen-bond acceptors (Lipinski definition) is 2. The fraction of sp³-hybridized carbons (Fsp3) is 0.167. The van der Waals surface area contributed by atoms with E-state index in [2.05, 4.69) is 9.88 Å². The Balaban J connectivity index is 1.59. The van der Waals surface area contributed by atoms with Crippen molar-refractivity contribution in [2.24, 2.45) is 0 Å². The molecule has 0 atom stereocenters. The molecule has 1 amide bonds. The molecule has 0 spiro atoms. The van der Waals surface area contributed by atoms with E-state index in [-0.39, 0.29) is 5.91 Å². The number of hydrogen-bond donors (Lipinski definition) is 1. The van der Waals surface area contributed by atoms with Crippen molar-refractivity contribution in [1.82, 2.24) is 8.97 Å². The number of nitrogens with one attached hydrogen (secondary N) is 1. The van der Waals surface area contributed by atoms with Crippen molar-refractivity contribution in [2.45, 2.75) is 25.8 Å². The molecule has 6 rings (SSSR count). The smallest absolute Gasteiger partial charge is 0.273 e. The number of carbonyl (C=O) groups excluding carboxylic acids is 1. The predicted octanol–water partition coefficient (Wildman–Crippen LogP) is 8.63. The molecule has 2 aromatic heterocycles. The molecular weight excluding hydrogens is 541 g/mol. The topological polar surface area (TPSA) is 47.7 Å². The largest absolute Gasteiger partial charge is 0.497 e. The van der Waals surface area contributed by atoms with Crippen LogP contribution in [0, 0.1) is 0 Å². The molecule has 0 unspecified atom stereocenters. The zero-order valence-corrected chi connectivity index (χ0v) is 22.9. The van der Waals surface area contributed by atoms with Gasteiger partial charge in [0.25, 0.3) is 5.91 Å². The lowest BCUT2D eigenvalue weighted by Crippen LogP contribution is -2.15. The van der Waals surface area contributed by atoms with Crippen molar-refractivity contribution in [3.63, 3.8) is 0 Å². The van der Waals surface area contributed by atoms with E-state index in [0.717, 1.165) is 59.4 Å². The zero-order valence-electron chi connectivity index (χ0n) is 20.6. The summed E-state index contributed by atoms with van der Waals surface area (Å²) in [5.74, 6) is 0.465. The van der Waals surface area contributed by atoms with Crippen molar-refractivity contribution in [2.75, 3.05) is 12.4 Å². The van der Waals surface area contributed by atoms with Gasteiger partial charge in [-0.25, -0.2) is 0 Å². The molecule has 1 aliphatic heterocycles. The molecule has 3 heterocycles. The van der Waals surface area contributed by atoms with E-state index >= 15 is 0 Å². The van der Waals surface area contributed by atoms with Crippen LogP contribution in [0.1, 0.15) is 28.9 Å². The average molecular weight is 565 g/mol. The summed E-state index contributed by atoms with van der Waals surface area (Å²) in [6.07, 6.45) is 4.93. The molecule has 1 N–H and O–H groups in total. The van der Waals surface area contributed by atoms with Crippen molar-refractivity contribution >= 4 is 52.0 Å². The molecule has 1 aliphatic rings. The lowest BCUT2D eigenvalue weighted by molar-refractivity contribution is 0.102. The zero-order chi connectivity index (χ0) is 26.4. The summed E-state index contributed by atoms with van der Waals surface area (Å²) in [5, 5.41) is 4.74. The molecule has 5 aromatic rings. The Kier molecular flexibility index (Phi) is 6.60. The van der Waals surface area contributed by atoms with Gasteiger partial charge in [-0.2, -0.15) is 0 Å². The van der Waals surface area contributed by atoms with Gasteiger partial charge in [0.05, 0.1) is 22.8 Å². The van der Waals surface area contributed by atoms with Crippen molar-refractivity contribution in [3.05, 3.63) is 99.3 Å². The Morgan fingerprint density at radius 3 is 2.47 bits per heavy atom. The van der Waals surface area contributed by atoms with E-state index in [1.54, 1.807) is 13.2 Å². The number of amides is 1. The Labute approximate surface area is 235 Å². The van der Waals surface area contributed by atoms with E-state index in [0.29, 0.717) is 32.2 Å². The summed E-state index contributed by atoms with van der Waals surface area (Å²) in [7, 11) is 1.61. The third-order valence-electron chi connectivity index (χ3n) is 7.02. The predicted molar refractivity (Wildman–Crippen MR) is 155 cm³/mol. The van der Waals surface area contributed by atoms with Crippen LogP contribution in [0.2, 0.25) is 15.1 Å². The summed E-state index contributed by atoms with van der Waals surface area (Å²) in [5.41, 5.74) is 7.20. The van der Waals surface area contributed by atoms with E-state index in [4.69, 9.17) is 39.5 Å². The number of benzene rings is 3. The second-order valence-electron chi connectivity index (χ2n) is 9.34. The number of halogens is 3. The first-order valence-corrected chi connectivity index (χ1v) is 13.5. The molecular formula is C30H24Cl3N3O2. The minimum atomic E-state index is -0.206. The molecule has 0 aliphatic carbocycles. The van der Waals surface area contributed by atoms with Crippen LogP contribution in [-0.4, -0.2) is 22.0 Å². The highest BCUT2D eigenvalue weighted by atomic mass is 35.5. The van der Waals surface area contributed by atoms with E-state index in [1.165, 1.54) is 0 Å². The van der Waals surface area contributed by atoms with Crippen LogP contribution >= 0.6 is 34.8 Å². The van der Waals surface area contributed by atoms with Gasteiger partial charge in [0.15, 0.2) is 0 Å². The van der Waals surface area contributed by atoms with Crippen LogP contribution in [0.4, 0.5) is 5.69 Å². The Hall–Kier alpha value is -3.38. The lowest BCUT2D eigenvalue weighted by Gasteiger charge is -2.11. The van der Waals surface area contributed by atoms with E-state index < -0.39 is 0 Å². The maximum Gasteiger partial charge on any atom is 0.273 e. The van der Waals surface area contributed by atoms with Crippen LogP contribution in [0.5, 0.6) is 5.75 Å². The van der Waals surface area contributed by atoms with Crippen molar-refractivity contribution in [1.29, 1.82) is 0 Å². The summed E-state index contributed by atoms with van der Waals surface area (Å²) < 4.78 is 9.67. The normalized spacial score (nSPS) is 12.9. The van der Waals surface area contributed by atoms with Crippen molar-refractivity contribution in [3.8, 4) is 28.1 Å². The van der Waals surface area contributed by atoms with Gasteiger partial charge in [-0.15, -0.1) is 0 Å². The second kappa shape index (κ2) is 10.1. The highest BCUT2D eigenvalue weighted by molar-refractivity contribution is 6.42. The minimum absolute atomic E-state index is 0.206. The second-order valence-corrected chi connectivity index (χ2v) is 10.6. The molecule has 3 aromatic carbocycles. The third-order valence-corrected chi connectivity index (χ3v) is 8.02. The highest BCUT2D eigenvalue weighted by Crippen LogP contribution is 2.40. The van der Waals surface area contributed by atoms with Gasteiger partial charge < -0.3 is 14.6 Å². The van der Waals surface area contributed by atoms with Gasteiger partial charge in [0.2, 0.25) is 0 Å². The molecule has 38 heavy (non-hydrogen) atoms. The first kappa shape index (κ1) is 24.9. The quantitative estimate of drug-likeness (QED) is 0.232. The molecule has 0 saturated heterocycles. The number of aromatic nitrogens is 2. The molecule has 0 saturated carbocycles. The van der Waals surface area contributed by atoms with Crippen LogP contribution in [-0.2, 0) is 13.0 Å². The SMILES string of the molecule is COc1cccc(NC(=O)c2c(-c3ccc(Cl)cc3)c3c4n(c(-c5ccc(Cl)c(Cl)c5)cn24)CCCC3)c1. The van der Waals surface area contributed by atoms with Gasteiger partial charge in [-0.1, -0.05) is 59.1 Å². The Morgan fingerprint density at radius 1 is 0.921 bits per heavy atom. The number of aryl methyl sites for hydroxylation is 2. The number of anilines is 1. The summed E-state index contributed by atoms with van der Waals surface area (Å²) in [6, 6.07) is 20.7. The van der Waals surface area contributed by atoms with Gasteiger partial charge in [0, 0.05) is 46.2 Å². The van der Waals surface area contributed by atoms with Gasteiger partial charge in [-0.3, -0.25) is 9.20 Å². The Bertz CT molecular complexity index is 1690. The number of methoxy groups -OCH3 is 1. The van der Waals surface area contributed by atoms with Crippen LogP contribution in [0.15, 0.2) is 72.9 Å². The maximum atomic E-state index is 14.0. The standard InChI is InChI=1S/C30H24Cl3N3O2/c1-38-22-6-4-5-21(16-22)34-29(37)28-27(18-8-11-20(31)12-9-18)23-7-2-3-14-35-26(17-36(28)30(23)35)19-10-13-24(32)25(33)15-19/h4-6,8-13,15-17H,2-3,7,14H2,1H3,(H,34,37). The van der Waals surface area contributed by atoms with Crippen LogP contribution in [0.25, 0.3) is 28.0 Å². The summed E-state index contributed by atoms with van der Waals surface area (Å²) in [4.78, 5) is 14.0. The molecule has 192 valence electrons. The molecule has 0 radical (unpaired) electrons. The third kappa shape index (κ3) is 4.35. The first-order chi connectivity index (χ1) is 18.4. The molecule has 0 bridgehead atoms. The number of ether oxygens (including phenoxy) is 1. The van der Waals surface area contributed by atoms with E-state index in [1.807, 2.05) is 71.3 Å². The Morgan fingerprint density at radius 2 is 1.71 bits per heavy atom. The fourth-order valence-electron chi connectivity index (χ4n) is 5.31. The van der Waals surface area contributed by atoms with Crippen LogP contribution in [0.3, 0.4) is 0 Å². The molecule has 5 nitrogen and oxygen atoms in total. The van der Waals surface area contributed by atoms with E-state index in [9.17, 15) is 4.79 Å². The minimum Gasteiger partial charge on any atom is -0.497 e. The van der Waals surface area contributed by atoms with Gasteiger partial charge in [0.1, 0.15) is 17.1 Å². The highest BCUT2D eigenvalue weighted by Gasteiger charge is 2.29. The summed E-state index contributed by atoms with van der Waals surface area (Å²) >= 11 is 18.8. The average Bonchev–Trinajstić information content (AvgIpc) is 3.33. The number of nitrogens with zero attached hydrogens (tertiary/aromatic N) is 2. The van der Waals surface area contributed by atoms with Gasteiger partial charge in [-0.05, 0) is 61.2 Å². The van der Waals surface area contributed by atoms with Crippen molar-refractivity contribution < 1.29 is 9.53 Å². The lowest BCUT2D eigenvalue weighted by atomic mass is 9.97. The molecule has 0 fully saturated rings. The van der Waals surface area contributed by atoms with Gasteiger partial charge >= 0.3 is 0 Å². The number of imidazole rings is 1. The number of carbonyl (C=O) groups is 1. The van der Waals surface area contributed by atoms with Crippen LogP contribution < -0.4 is 10.1 Å².